The zero-order chi connectivity index (χ0) is 15.4. The molecule has 0 unspecified atom stereocenters. The Balaban J connectivity index is 2.42. The Hall–Kier alpha value is -2.14. The maximum Gasteiger partial charge on any atom is 0.331 e. The second-order valence-corrected chi connectivity index (χ2v) is 5.23. The Labute approximate surface area is 123 Å². The van der Waals surface area contributed by atoms with Crippen molar-refractivity contribution in [3.05, 3.63) is 68.0 Å². The van der Waals surface area contributed by atoms with E-state index in [4.69, 9.17) is 5.73 Å². The van der Waals surface area contributed by atoms with Gasteiger partial charge in [0.1, 0.15) is 0 Å². The SMILES string of the molecule is Cc1cccc(C)c1Cn1ccc(=O)n(CCCN)c1=O. The van der Waals surface area contributed by atoms with Crippen LogP contribution in [0.25, 0.3) is 0 Å². The fraction of sp³-hybridized carbons (Fsp3) is 0.375. The first-order valence-corrected chi connectivity index (χ1v) is 7.10. The van der Waals surface area contributed by atoms with Crippen LogP contribution in [0.2, 0.25) is 0 Å². The molecule has 112 valence electrons. The molecule has 0 aliphatic carbocycles. The smallest absolute Gasteiger partial charge is 0.330 e. The Morgan fingerprint density at radius 1 is 1.10 bits per heavy atom. The molecule has 5 heteroatoms. The van der Waals surface area contributed by atoms with Gasteiger partial charge in [0.15, 0.2) is 0 Å². The van der Waals surface area contributed by atoms with Gasteiger partial charge in [-0.1, -0.05) is 18.2 Å². The summed E-state index contributed by atoms with van der Waals surface area (Å²) in [6.07, 6.45) is 2.18. The first kappa shape index (κ1) is 15.3. The van der Waals surface area contributed by atoms with E-state index >= 15 is 0 Å². The molecule has 2 aromatic rings. The molecule has 0 atom stereocenters. The van der Waals surface area contributed by atoms with Crippen LogP contribution < -0.4 is 17.0 Å². The van der Waals surface area contributed by atoms with Gasteiger partial charge in [-0.05, 0) is 43.5 Å². The molecule has 0 bridgehead atoms. The maximum absolute atomic E-state index is 12.4. The van der Waals surface area contributed by atoms with Crippen LogP contribution in [-0.4, -0.2) is 15.7 Å². The predicted octanol–water partition coefficient (Wildman–Crippen LogP) is 1.02. The molecule has 1 aromatic heterocycles. The van der Waals surface area contributed by atoms with Crippen molar-refractivity contribution in [1.29, 1.82) is 0 Å². The summed E-state index contributed by atoms with van der Waals surface area (Å²) in [4.78, 5) is 24.2. The molecule has 0 saturated heterocycles. The molecule has 0 saturated carbocycles. The van der Waals surface area contributed by atoms with Gasteiger partial charge in [-0.25, -0.2) is 4.79 Å². The number of benzene rings is 1. The molecule has 0 aliphatic rings. The van der Waals surface area contributed by atoms with Crippen LogP contribution in [0.15, 0.2) is 40.1 Å². The van der Waals surface area contributed by atoms with Crippen LogP contribution in [0, 0.1) is 13.8 Å². The van der Waals surface area contributed by atoms with E-state index in [-0.39, 0.29) is 11.2 Å². The van der Waals surface area contributed by atoms with Crippen LogP contribution in [0.4, 0.5) is 0 Å². The second kappa shape index (κ2) is 6.54. The van der Waals surface area contributed by atoms with E-state index < -0.39 is 0 Å². The average molecular weight is 287 g/mol. The highest BCUT2D eigenvalue weighted by molar-refractivity contribution is 5.33. The summed E-state index contributed by atoms with van der Waals surface area (Å²) in [5.74, 6) is 0. The van der Waals surface area contributed by atoms with Gasteiger partial charge in [0.2, 0.25) is 0 Å². The van der Waals surface area contributed by atoms with E-state index in [1.54, 1.807) is 10.8 Å². The van der Waals surface area contributed by atoms with E-state index in [9.17, 15) is 9.59 Å². The van der Waals surface area contributed by atoms with Crippen LogP contribution in [0.5, 0.6) is 0 Å². The fourth-order valence-electron chi connectivity index (χ4n) is 2.40. The normalized spacial score (nSPS) is 10.8. The van der Waals surface area contributed by atoms with Crippen molar-refractivity contribution in [2.45, 2.75) is 33.4 Å². The number of rotatable bonds is 5. The topological polar surface area (TPSA) is 70.0 Å². The third-order valence-electron chi connectivity index (χ3n) is 3.70. The summed E-state index contributed by atoms with van der Waals surface area (Å²) in [6, 6.07) is 7.49. The van der Waals surface area contributed by atoms with Crippen LogP contribution in [0.3, 0.4) is 0 Å². The Morgan fingerprint density at radius 3 is 2.38 bits per heavy atom. The number of aryl methyl sites for hydroxylation is 2. The van der Waals surface area contributed by atoms with Gasteiger partial charge < -0.3 is 5.73 Å². The zero-order valence-corrected chi connectivity index (χ0v) is 12.5. The lowest BCUT2D eigenvalue weighted by Gasteiger charge is -2.13. The van der Waals surface area contributed by atoms with Gasteiger partial charge in [-0.3, -0.25) is 13.9 Å². The average Bonchev–Trinajstić information content (AvgIpc) is 2.45. The lowest BCUT2D eigenvalue weighted by Crippen LogP contribution is -2.39. The van der Waals surface area contributed by atoms with E-state index in [1.807, 2.05) is 32.0 Å². The van der Waals surface area contributed by atoms with Crippen LogP contribution >= 0.6 is 0 Å². The van der Waals surface area contributed by atoms with E-state index in [1.165, 1.54) is 10.6 Å². The number of nitrogens with two attached hydrogens (primary N) is 1. The van der Waals surface area contributed by atoms with Crippen LogP contribution in [-0.2, 0) is 13.1 Å². The molecule has 21 heavy (non-hydrogen) atoms. The largest absolute Gasteiger partial charge is 0.331 e. The summed E-state index contributed by atoms with van der Waals surface area (Å²) in [5.41, 5.74) is 8.30. The van der Waals surface area contributed by atoms with Gasteiger partial charge in [-0.15, -0.1) is 0 Å². The van der Waals surface area contributed by atoms with Crippen molar-refractivity contribution in [1.82, 2.24) is 9.13 Å². The quantitative estimate of drug-likeness (QED) is 0.892. The van der Waals surface area contributed by atoms with Crippen molar-refractivity contribution in [2.24, 2.45) is 5.73 Å². The molecular formula is C16H21N3O2. The van der Waals surface area contributed by atoms with Gasteiger partial charge >= 0.3 is 5.69 Å². The minimum absolute atomic E-state index is 0.272. The van der Waals surface area contributed by atoms with E-state index in [0.29, 0.717) is 26.1 Å². The predicted molar refractivity (Wildman–Crippen MR) is 83.7 cm³/mol. The monoisotopic (exact) mass is 287 g/mol. The van der Waals surface area contributed by atoms with Gasteiger partial charge in [0.05, 0.1) is 6.54 Å². The molecule has 0 aliphatic heterocycles. The molecule has 5 nitrogen and oxygen atoms in total. The molecule has 0 spiro atoms. The Morgan fingerprint density at radius 2 is 1.76 bits per heavy atom. The van der Waals surface area contributed by atoms with Crippen molar-refractivity contribution >= 4 is 0 Å². The molecule has 2 N–H and O–H groups in total. The second-order valence-electron chi connectivity index (χ2n) is 5.23. The van der Waals surface area contributed by atoms with Crippen LogP contribution in [0.1, 0.15) is 23.1 Å². The number of hydrogen-bond donors (Lipinski definition) is 1. The van der Waals surface area contributed by atoms with Crippen molar-refractivity contribution in [3.63, 3.8) is 0 Å². The third kappa shape index (κ3) is 3.31. The molecule has 0 fully saturated rings. The maximum atomic E-state index is 12.4. The number of aromatic nitrogens is 2. The molecule has 0 radical (unpaired) electrons. The van der Waals surface area contributed by atoms with E-state index in [0.717, 1.165) is 16.7 Å². The molecule has 1 heterocycles. The minimum atomic E-state index is -0.279. The Kier molecular flexibility index (Phi) is 4.75. The zero-order valence-electron chi connectivity index (χ0n) is 12.5. The van der Waals surface area contributed by atoms with Gasteiger partial charge in [0, 0.05) is 18.8 Å². The highest BCUT2D eigenvalue weighted by Crippen LogP contribution is 2.13. The first-order chi connectivity index (χ1) is 10.0. The third-order valence-corrected chi connectivity index (χ3v) is 3.70. The summed E-state index contributed by atoms with van der Waals surface area (Å²) >= 11 is 0. The van der Waals surface area contributed by atoms with Gasteiger partial charge in [0.25, 0.3) is 5.56 Å². The summed E-state index contributed by atoms with van der Waals surface area (Å²) in [6.45, 7) is 5.34. The van der Waals surface area contributed by atoms with Crippen molar-refractivity contribution in [3.8, 4) is 0 Å². The number of nitrogens with zero attached hydrogens (tertiary/aromatic N) is 2. The fourth-order valence-corrected chi connectivity index (χ4v) is 2.40. The molecule has 0 amide bonds. The minimum Gasteiger partial charge on any atom is -0.330 e. The molecular weight excluding hydrogens is 266 g/mol. The highest BCUT2D eigenvalue weighted by atomic mass is 16.2. The first-order valence-electron chi connectivity index (χ1n) is 7.10. The summed E-state index contributed by atoms with van der Waals surface area (Å²) < 4.78 is 2.83. The lowest BCUT2D eigenvalue weighted by atomic mass is 10.0. The molecule has 2 rings (SSSR count). The summed E-state index contributed by atoms with van der Waals surface area (Å²) in [7, 11) is 0. The van der Waals surface area contributed by atoms with Crippen molar-refractivity contribution < 1.29 is 0 Å². The molecule has 1 aromatic carbocycles. The Bertz CT molecular complexity index is 724. The highest BCUT2D eigenvalue weighted by Gasteiger charge is 2.08. The van der Waals surface area contributed by atoms with Crippen molar-refractivity contribution in [2.75, 3.05) is 6.54 Å². The van der Waals surface area contributed by atoms with E-state index in [2.05, 4.69) is 0 Å². The van der Waals surface area contributed by atoms with Gasteiger partial charge in [-0.2, -0.15) is 0 Å². The summed E-state index contributed by atoms with van der Waals surface area (Å²) in [5, 5.41) is 0. The standard InChI is InChI=1S/C16H21N3O2/c1-12-5-3-6-13(2)14(12)11-18-10-7-15(20)19(16(18)21)9-4-8-17/h3,5-7,10H,4,8-9,11,17H2,1-2H3. The number of hydrogen-bond acceptors (Lipinski definition) is 3. The lowest BCUT2D eigenvalue weighted by molar-refractivity contribution is 0.553.